The van der Waals surface area contributed by atoms with Crippen LogP contribution in [0.5, 0.6) is 0 Å². The Balaban J connectivity index is 0.00000180. The number of ether oxygens (including phenoxy) is 1. The molecule has 1 N–H and O–H groups in total. The highest BCUT2D eigenvalue weighted by atomic mass is 35.5. The maximum atomic E-state index is 13.0. The van der Waals surface area contributed by atoms with E-state index < -0.39 is 0 Å². The molecule has 1 atom stereocenters. The van der Waals surface area contributed by atoms with Crippen LogP contribution in [-0.4, -0.2) is 43.7 Å². The number of carbonyl (C=O) groups is 1. The van der Waals surface area contributed by atoms with E-state index in [0.29, 0.717) is 26.3 Å². The first-order valence-electron chi connectivity index (χ1n) is 5.97. The fourth-order valence-electron chi connectivity index (χ4n) is 1.98. The van der Waals surface area contributed by atoms with E-state index in [9.17, 15) is 9.18 Å². The summed E-state index contributed by atoms with van der Waals surface area (Å²) in [6.45, 7) is 2.11. The number of amides is 1. The first kappa shape index (κ1) is 15.9. The number of hydrogen-bond donors (Lipinski definition) is 1. The fourth-order valence-corrected chi connectivity index (χ4v) is 1.98. The van der Waals surface area contributed by atoms with E-state index in [2.05, 4.69) is 5.32 Å². The second kappa shape index (κ2) is 7.43. The lowest BCUT2D eigenvalue weighted by Crippen LogP contribution is -2.51. The first-order chi connectivity index (χ1) is 8.66. The van der Waals surface area contributed by atoms with E-state index in [-0.39, 0.29) is 30.2 Å². The molecule has 1 aromatic rings. The predicted molar refractivity (Wildman–Crippen MR) is 72.7 cm³/mol. The number of nitrogens with one attached hydrogen (secondary N) is 1. The third-order valence-corrected chi connectivity index (χ3v) is 2.90. The highest BCUT2D eigenvalue weighted by Crippen LogP contribution is 2.08. The Morgan fingerprint density at radius 2 is 2.37 bits per heavy atom. The van der Waals surface area contributed by atoms with Crippen LogP contribution in [0.25, 0.3) is 0 Å². The fraction of sp³-hybridized carbons (Fsp3) is 0.462. The number of hydrogen-bond acceptors (Lipinski definition) is 3. The molecule has 1 aliphatic rings. The molecule has 19 heavy (non-hydrogen) atoms. The minimum Gasteiger partial charge on any atom is -0.378 e. The summed E-state index contributed by atoms with van der Waals surface area (Å²) < 4.78 is 18.3. The molecule has 4 nitrogen and oxygen atoms in total. The molecule has 106 valence electrons. The van der Waals surface area contributed by atoms with Crippen LogP contribution in [-0.2, 0) is 16.1 Å². The molecule has 2 rings (SSSR count). The average molecular weight is 289 g/mol. The van der Waals surface area contributed by atoms with Crippen LogP contribution < -0.4 is 5.32 Å². The predicted octanol–water partition coefficient (Wildman–Crippen LogP) is 1.19. The largest absolute Gasteiger partial charge is 0.378 e. The van der Waals surface area contributed by atoms with Crippen molar-refractivity contribution in [1.29, 1.82) is 0 Å². The molecule has 1 aliphatic heterocycles. The van der Waals surface area contributed by atoms with Gasteiger partial charge in [-0.3, -0.25) is 4.79 Å². The summed E-state index contributed by atoms with van der Waals surface area (Å²) in [5.74, 6) is -0.313. The Morgan fingerprint density at radius 1 is 1.58 bits per heavy atom. The molecule has 6 heteroatoms. The van der Waals surface area contributed by atoms with Crippen molar-refractivity contribution in [3.63, 3.8) is 0 Å². The van der Waals surface area contributed by atoms with Gasteiger partial charge in [-0.25, -0.2) is 4.39 Å². The van der Waals surface area contributed by atoms with Gasteiger partial charge in [0.15, 0.2) is 0 Å². The summed E-state index contributed by atoms with van der Waals surface area (Å²) in [7, 11) is 1.71. The monoisotopic (exact) mass is 288 g/mol. The van der Waals surface area contributed by atoms with Crippen molar-refractivity contribution in [2.24, 2.45) is 0 Å². The molecule has 1 amide bonds. The number of halogens is 2. The molecule has 1 fully saturated rings. The van der Waals surface area contributed by atoms with E-state index >= 15 is 0 Å². The van der Waals surface area contributed by atoms with Crippen LogP contribution in [0.3, 0.4) is 0 Å². The van der Waals surface area contributed by atoms with Gasteiger partial charge in [-0.15, -0.1) is 12.4 Å². The zero-order chi connectivity index (χ0) is 13.0. The summed E-state index contributed by atoms with van der Waals surface area (Å²) in [6, 6.07) is 5.98. The first-order valence-corrected chi connectivity index (χ1v) is 5.97. The summed E-state index contributed by atoms with van der Waals surface area (Å²) in [5, 5.41) is 3.11. The molecule has 1 saturated heterocycles. The summed E-state index contributed by atoms with van der Waals surface area (Å²) in [5.41, 5.74) is 0.780. The van der Waals surface area contributed by atoms with Crippen molar-refractivity contribution in [2.45, 2.75) is 12.6 Å². The molecule has 1 heterocycles. The molecule has 1 unspecified atom stereocenters. The SMILES string of the molecule is CN(Cc1cccc(F)c1)C(=O)C1COCCN1.Cl. The van der Waals surface area contributed by atoms with Gasteiger partial charge >= 0.3 is 0 Å². The summed E-state index contributed by atoms with van der Waals surface area (Å²) in [6.07, 6.45) is 0. The number of likely N-dealkylation sites (N-methyl/N-ethyl adjacent to an activating group) is 1. The van der Waals surface area contributed by atoms with Gasteiger partial charge in [0.25, 0.3) is 0 Å². The molecule has 0 spiro atoms. The normalized spacial score (nSPS) is 18.5. The number of nitrogens with zero attached hydrogens (tertiary/aromatic N) is 1. The van der Waals surface area contributed by atoms with Gasteiger partial charge in [-0.1, -0.05) is 12.1 Å². The second-order valence-electron chi connectivity index (χ2n) is 4.41. The Kier molecular flexibility index (Phi) is 6.21. The lowest BCUT2D eigenvalue weighted by atomic mass is 10.2. The smallest absolute Gasteiger partial charge is 0.242 e. The van der Waals surface area contributed by atoms with Gasteiger partial charge in [0, 0.05) is 20.1 Å². The van der Waals surface area contributed by atoms with Crippen molar-refractivity contribution in [3.8, 4) is 0 Å². The lowest BCUT2D eigenvalue weighted by molar-refractivity contribution is -0.135. The highest BCUT2D eigenvalue weighted by Gasteiger charge is 2.24. The molecular weight excluding hydrogens is 271 g/mol. The van der Waals surface area contributed by atoms with Crippen molar-refractivity contribution in [1.82, 2.24) is 10.2 Å². The Morgan fingerprint density at radius 3 is 3.00 bits per heavy atom. The molecule has 0 aliphatic carbocycles. The van der Waals surface area contributed by atoms with Crippen LogP contribution >= 0.6 is 12.4 Å². The quantitative estimate of drug-likeness (QED) is 0.909. The van der Waals surface area contributed by atoms with Gasteiger partial charge in [-0.2, -0.15) is 0 Å². The van der Waals surface area contributed by atoms with Crippen LogP contribution in [0.2, 0.25) is 0 Å². The lowest BCUT2D eigenvalue weighted by Gasteiger charge is -2.27. The van der Waals surface area contributed by atoms with Gasteiger partial charge in [0.05, 0.1) is 13.2 Å². The minimum atomic E-state index is -0.294. The molecular formula is C13H18ClFN2O2. The molecule has 0 aromatic heterocycles. The van der Waals surface area contributed by atoms with Gasteiger partial charge in [-0.05, 0) is 17.7 Å². The topological polar surface area (TPSA) is 41.6 Å². The Bertz CT molecular complexity index is 425. The van der Waals surface area contributed by atoms with Crippen LogP contribution in [0.4, 0.5) is 4.39 Å². The van der Waals surface area contributed by atoms with Gasteiger partial charge in [0.1, 0.15) is 11.9 Å². The number of benzene rings is 1. The van der Waals surface area contributed by atoms with E-state index in [1.807, 2.05) is 0 Å². The Hall–Kier alpha value is -1.17. The zero-order valence-corrected chi connectivity index (χ0v) is 11.6. The maximum absolute atomic E-state index is 13.0. The van der Waals surface area contributed by atoms with E-state index in [1.165, 1.54) is 12.1 Å². The van der Waals surface area contributed by atoms with Crippen molar-refractivity contribution in [2.75, 3.05) is 26.8 Å². The third-order valence-electron chi connectivity index (χ3n) is 2.90. The minimum absolute atomic E-state index is 0. The number of morpholine rings is 1. The van der Waals surface area contributed by atoms with E-state index in [1.54, 1.807) is 24.1 Å². The van der Waals surface area contributed by atoms with Crippen LogP contribution in [0.15, 0.2) is 24.3 Å². The summed E-state index contributed by atoms with van der Waals surface area (Å²) >= 11 is 0. The molecule has 0 radical (unpaired) electrons. The molecule has 1 aromatic carbocycles. The number of carbonyl (C=O) groups excluding carboxylic acids is 1. The Labute approximate surface area is 118 Å². The molecule has 0 bridgehead atoms. The number of rotatable bonds is 3. The summed E-state index contributed by atoms with van der Waals surface area (Å²) in [4.78, 5) is 13.7. The maximum Gasteiger partial charge on any atom is 0.242 e. The second-order valence-corrected chi connectivity index (χ2v) is 4.41. The van der Waals surface area contributed by atoms with Crippen molar-refractivity contribution >= 4 is 18.3 Å². The van der Waals surface area contributed by atoms with Crippen molar-refractivity contribution < 1.29 is 13.9 Å². The van der Waals surface area contributed by atoms with Crippen LogP contribution in [0, 0.1) is 5.82 Å². The van der Waals surface area contributed by atoms with E-state index in [0.717, 1.165) is 5.56 Å². The standard InChI is InChI=1S/C13H17FN2O2.ClH/c1-16(8-10-3-2-4-11(14)7-10)13(17)12-9-18-6-5-15-12;/h2-4,7,12,15H,5-6,8-9H2,1H3;1H. The van der Waals surface area contributed by atoms with E-state index in [4.69, 9.17) is 4.74 Å². The zero-order valence-electron chi connectivity index (χ0n) is 10.8. The van der Waals surface area contributed by atoms with Crippen LogP contribution in [0.1, 0.15) is 5.56 Å². The third kappa shape index (κ3) is 4.45. The average Bonchev–Trinajstić information content (AvgIpc) is 2.39. The van der Waals surface area contributed by atoms with Crippen molar-refractivity contribution in [3.05, 3.63) is 35.6 Å². The highest BCUT2D eigenvalue weighted by molar-refractivity contribution is 5.85. The molecule has 0 saturated carbocycles. The van der Waals surface area contributed by atoms with Gasteiger partial charge in [0.2, 0.25) is 5.91 Å². The van der Waals surface area contributed by atoms with Gasteiger partial charge < -0.3 is 15.0 Å².